The predicted octanol–water partition coefficient (Wildman–Crippen LogP) is 4.37. The number of thiazole rings is 1. The molecule has 10 heteroatoms. The summed E-state index contributed by atoms with van der Waals surface area (Å²) < 4.78 is 11.1. The molecule has 2 aliphatic heterocycles. The monoisotopic (exact) mass is 488 g/mol. The number of likely N-dealkylation sites (tertiary alicyclic amines) is 2. The average Bonchev–Trinajstić information content (AvgIpc) is 3.25. The summed E-state index contributed by atoms with van der Waals surface area (Å²) in [5.41, 5.74) is 2.18. The van der Waals surface area contributed by atoms with E-state index in [1.165, 1.54) is 69.4 Å². The normalized spacial score (nSPS) is 17.9. The van der Waals surface area contributed by atoms with Gasteiger partial charge in [0, 0.05) is 31.1 Å². The maximum Gasteiger partial charge on any atom is 0.286 e. The van der Waals surface area contributed by atoms with Gasteiger partial charge >= 0.3 is 0 Å². The number of nitro groups is 1. The van der Waals surface area contributed by atoms with E-state index in [-0.39, 0.29) is 29.5 Å². The van der Waals surface area contributed by atoms with E-state index in [1.54, 1.807) is 10.4 Å². The van der Waals surface area contributed by atoms with Gasteiger partial charge in [-0.1, -0.05) is 12.8 Å². The number of ether oxygens (including phenoxy) is 2. The van der Waals surface area contributed by atoms with Gasteiger partial charge in [0.2, 0.25) is 0 Å². The largest absolute Gasteiger partial charge is 0.493 e. The van der Waals surface area contributed by atoms with E-state index in [2.05, 4.69) is 9.88 Å². The van der Waals surface area contributed by atoms with Crippen LogP contribution in [-0.2, 0) is 6.61 Å². The van der Waals surface area contributed by atoms with Crippen molar-refractivity contribution in [3.63, 3.8) is 0 Å². The Morgan fingerprint density at radius 3 is 2.50 bits per heavy atom. The molecule has 1 aromatic carbocycles. The molecule has 184 valence electrons. The van der Waals surface area contributed by atoms with Crippen LogP contribution in [0.5, 0.6) is 11.5 Å². The van der Waals surface area contributed by atoms with Crippen molar-refractivity contribution in [1.82, 2.24) is 14.8 Å². The zero-order chi connectivity index (χ0) is 23.9. The molecule has 2 saturated heterocycles. The fourth-order valence-electron chi connectivity index (χ4n) is 4.78. The van der Waals surface area contributed by atoms with Crippen molar-refractivity contribution in [2.24, 2.45) is 5.92 Å². The molecule has 0 radical (unpaired) electrons. The van der Waals surface area contributed by atoms with Crippen molar-refractivity contribution in [3.8, 4) is 11.5 Å². The summed E-state index contributed by atoms with van der Waals surface area (Å²) in [6.07, 6.45) is 7.02. The van der Waals surface area contributed by atoms with Crippen LogP contribution in [0.15, 0.2) is 23.0 Å². The predicted molar refractivity (Wildman–Crippen MR) is 130 cm³/mol. The molecule has 0 spiro atoms. The first-order chi connectivity index (χ1) is 16.5. The molecule has 9 nitrogen and oxygen atoms in total. The van der Waals surface area contributed by atoms with Gasteiger partial charge in [-0.2, -0.15) is 0 Å². The van der Waals surface area contributed by atoms with Crippen molar-refractivity contribution in [3.05, 3.63) is 44.4 Å². The summed E-state index contributed by atoms with van der Waals surface area (Å²) in [6.45, 7) is 4.80. The van der Waals surface area contributed by atoms with E-state index in [4.69, 9.17) is 9.47 Å². The molecule has 2 aliphatic rings. The Morgan fingerprint density at radius 1 is 1.15 bits per heavy atom. The Morgan fingerprint density at radius 2 is 1.88 bits per heavy atom. The summed E-state index contributed by atoms with van der Waals surface area (Å²) in [4.78, 5) is 33.0. The first kappa shape index (κ1) is 24.4. The second-order valence-electron chi connectivity index (χ2n) is 9.00. The lowest BCUT2D eigenvalue weighted by atomic mass is 9.95. The first-order valence-corrected chi connectivity index (χ1v) is 12.9. The molecule has 0 bridgehead atoms. The lowest BCUT2D eigenvalue weighted by molar-refractivity contribution is -0.385. The van der Waals surface area contributed by atoms with Gasteiger partial charge < -0.3 is 19.3 Å². The second-order valence-corrected chi connectivity index (χ2v) is 9.71. The molecule has 0 unspecified atom stereocenters. The van der Waals surface area contributed by atoms with E-state index in [0.29, 0.717) is 24.8 Å². The molecule has 0 N–H and O–H groups in total. The molecule has 3 heterocycles. The number of carbonyl (C=O) groups excluding carboxylic acids is 1. The summed E-state index contributed by atoms with van der Waals surface area (Å²) >= 11 is 1.44. The van der Waals surface area contributed by atoms with Crippen molar-refractivity contribution in [2.75, 3.05) is 39.8 Å². The van der Waals surface area contributed by atoms with Gasteiger partial charge in [0.15, 0.2) is 11.5 Å². The van der Waals surface area contributed by atoms with E-state index in [0.717, 1.165) is 25.1 Å². The van der Waals surface area contributed by atoms with E-state index in [1.807, 2.05) is 5.38 Å². The fourth-order valence-corrected chi connectivity index (χ4v) is 5.32. The molecule has 0 saturated carbocycles. The third kappa shape index (κ3) is 6.04. The molecule has 34 heavy (non-hydrogen) atoms. The van der Waals surface area contributed by atoms with Gasteiger partial charge in [-0.3, -0.25) is 14.9 Å². The Labute approximate surface area is 203 Å². The number of hydrogen-bond acceptors (Lipinski definition) is 8. The number of nitrogens with zero attached hydrogens (tertiary/aromatic N) is 4. The number of hydrogen-bond donors (Lipinski definition) is 0. The summed E-state index contributed by atoms with van der Waals surface area (Å²) in [7, 11) is 1.46. The first-order valence-electron chi connectivity index (χ1n) is 11.9. The minimum atomic E-state index is -0.533. The van der Waals surface area contributed by atoms with Crippen LogP contribution in [0.1, 0.15) is 54.6 Å². The van der Waals surface area contributed by atoms with Crippen molar-refractivity contribution < 1.29 is 19.2 Å². The van der Waals surface area contributed by atoms with Crippen LogP contribution in [0.2, 0.25) is 0 Å². The number of methoxy groups -OCH3 is 1. The van der Waals surface area contributed by atoms with Crippen LogP contribution in [0.3, 0.4) is 0 Å². The Kier molecular flexibility index (Phi) is 8.34. The Hall–Kier alpha value is -2.72. The minimum Gasteiger partial charge on any atom is -0.493 e. The van der Waals surface area contributed by atoms with Crippen molar-refractivity contribution >= 4 is 22.9 Å². The molecule has 0 atom stereocenters. The fraction of sp³-hybridized carbons (Fsp3) is 0.583. The third-order valence-electron chi connectivity index (χ3n) is 6.68. The van der Waals surface area contributed by atoms with Crippen molar-refractivity contribution in [2.45, 2.75) is 45.1 Å². The number of carbonyl (C=O) groups is 1. The Balaban J connectivity index is 1.43. The minimum absolute atomic E-state index is 0.0360. The molecule has 2 aromatic rings. The van der Waals surface area contributed by atoms with Crippen LogP contribution >= 0.6 is 11.3 Å². The number of aromatic nitrogens is 1. The van der Waals surface area contributed by atoms with Gasteiger partial charge in [0.05, 0.1) is 29.3 Å². The standard InChI is InChI=1S/C24H32N4O5S/c1-32-22-12-20(21(28(30)31)13-23(22)33-15-19-16-34-17-25-19)24(29)27-10-6-18(7-11-27)14-26-8-4-2-3-5-9-26/h12-13,16-18H,2-11,14-15H2,1H3. The lowest BCUT2D eigenvalue weighted by Gasteiger charge is -2.34. The van der Waals surface area contributed by atoms with Gasteiger partial charge in [-0.15, -0.1) is 11.3 Å². The molecule has 0 aliphatic carbocycles. The molecule has 2 fully saturated rings. The number of rotatable bonds is 8. The summed E-state index contributed by atoms with van der Waals surface area (Å²) in [5.74, 6) is 0.743. The smallest absolute Gasteiger partial charge is 0.286 e. The number of amides is 1. The number of nitro benzene ring substituents is 1. The summed E-state index contributed by atoms with van der Waals surface area (Å²) in [5, 5.41) is 13.7. The lowest BCUT2D eigenvalue weighted by Crippen LogP contribution is -2.42. The third-order valence-corrected chi connectivity index (χ3v) is 7.32. The maximum absolute atomic E-state index is 13.3. The molecule has 1 aromatic heterocycles. The highest BCUT2D eigenvalue weighted by molar-refractivity contribution is 7.07. The molecular formula is C24H32N4O5S. The molecular weight excluding hydrogens is 456 g/mol. The van der Waals surface area contributed by atoms with E-state index >= 15 is 0 Å². The second kappa shape index (κ2) is 11.6. The summed E-state index contributed by atoms with van der Waals surface area (Å²) in [6, 6.07) is 2.71. The Bertz CT molecular complexity index is 968. The van der Waals surface area contributed by atoms with Crippen LogP contribution in [0, 0.1) is 16.0 Å². The zero-order valence-electron chi connectivity index (χ0n) is 19.6. The number of piperidine rings is 1. The van der Waals surface area contributed by atoms with Crippen LogP contribution in [0.25, 0.3) is 0 Å². The molecule has 1 amide bonds. The van der Waals surface area contributed by atoms with Crippen molar-refractivity contribution in [1.29, 1.82) is 0 Å². The maximum atomic E-state index is 13.3. The van der Waals surface area contributed by atoms with Gasteiger partial charge in [0.1, 0.15) is 12.2 Å². The van der Waals surface area contributed by atoms with Gasteiger partial charge in [0.25, 0.3) is 11.6 Å². The highest BCUT2D eigenvalue weighted by Crippen LogP contribution is 2.36. The van der Waals surface area contributed by atoms with E-state index in [9.17, 15) is 14.9 Å². The SMILES string of the molecule is COc1cc(C(=O)N2CCC(CN3CCCCCC3)CC2)c([N+](=O)[O-])cc1OCc1cscn1. The van der Waals surface area contributed by atoms with Crippen LogP contribution in [0.4, 0.5) is 5.69 Å². The van der Waals surface area contributed by atoms with E-state index < -0.39 is 4.92 Å². The average molecular weight is 489 g/mol. The van der Waals surface area contributed by atoms with Gasteiger partial charge in [-0.25, -0.2) is 4.98 Å². The van der Waals surface area contributed by atoms with Gasteiger partial charge in [-0.05, 0) is 44.7 Å². The number of benzene rings is 1. The van der Waals surface area contributed by atoms with Crippen LogP contribution in [-0.4, -0.2) is 65.4 Å². The topological polar surface area (TPSA) is 98.0 Å². The quantitative estimate of drug-likeness (QED) is 0.402. The zero-order valence-corrected chi connectivity index (χ0v) is 20.4. The molecule has 4 rings (SSSR count). The highest BCUT2D eigenvalue weighted by Gasteiger charge is 2.31. The highest BCUT2D eigenvalue weighted by atomic mass is 32.1. The van der Waals surface area contributed by atoms with Crippen LogP contribution < -0.4 is 9.47 Å².